The molecule has 0 radical (unpaired) electrons. The second kappa shape index (κ2) is 6.43. The van der Waals surface area contributed by atoms with Gasteiger partial charge in [-0.2, -0.15) is 0 Å². The van der Waals surface area contributed by atoms with Crippen LogP contribution in [-0.2, 0) is 4.74 Å². The molecule has 1 aliphatic heterocycles. The highest BCUT2D eigenvalue weighted by atomic mass is 79.9. The second-order valence-electron chi connectivity index (χ2n) is 4.71. The lowest BCUT2D eigenvalue weighted by Gasteiger charge is -2.35. The highest BCUT2D eigenvalue weighted by Crippen LogP contribution is 2.33. The average molecular weight is 315 g/mol. The molecule has 0 atom stereocenters. The van der Waals surface area contributed by atoms with Gasteiger partial charge in [-0.15, -0.1) is 0 Å². The number of benzene rings is 1. The molecular formula is C14H19BrO3. The van der Waals surface area contributed by atoms with Crippen molar-refractivity contribution in [1.29, 1.82) is 0 Å². The number of rotatable bonds is 5. The number of hydrogen-bond acceptors (Lipinski definition) is 3. The fraction of sp³-hybridized carbons (Fsp3) is 0.571. The van der Waals surface area contributed by atoms with Gasteiger partial charge in [0.1, 0.15) is 11.5 Å². The fourth-order valence-corrected chi connectivity index (χ4v) is 2.75. The lowest BCUT2D eigenvalue weighted by molar-refractivity contribution is 0.00354. The summed E-state index contributed by atoms with van der Waals surface area (Å²) in [6, 6.07) is 7.72. The minimum Gasteiger partial charge on any atom is -0.497 e. The average Bonchev–Trinajstić information content (AvgIpc) is 2.47. The van der Waals surface area contributed by atoms with E-state index in [1.165, 1.54) is 0 Å². The van der Waals surface area contributed by atoms with Crippen molar-refractivity contribution in [3.8, 4) is 11.5 Å². The van der Waals surface area contributed by atoms with Crippen molar-refractivity contribution in [2.45, 2.75) is 12.8 Å². The molecule has 0 bridgehead atoms. The zero-order valence-corrected chi connectivity index (χ0v) is 12.2. The van der Waals surface area contributed by atoms with Crippen molar-refractivity contribution < 1.29 is 14.2 Å². The molecule has 4 heteroatoms. The van der Waals surface area contributed by atoms with E-state index in [4.69, 9.17) is 14.2 Å². The molecular weight excluding hydrogens is 296 g/mol. The van der Waals surface area contributed by atoms with E-state index in [-0.39, 0.29) is 5.41 Å². The summed E-state index contributed by atoms with van der Waals surface area (Å²) in [5, 5.41) is 0.958. The van der Waals surface area contributed by atoms with Crippen LogP contribution in [0.15, 0.2) is 24.3 Å². The first-order valence-corrected chi connectivity index (χ1v) is 7.31. The number of alkyl halides is 1. The largest absolute Gasteiger partial charge is 0.497 e. The third kappa shape index (κ3) is 3.39. The van der Waals surface area contributed by atoms with Crippen LogP contribution < -0.4 is 9.47 Å². The Morgan fingerprint density at radius 3 is 2.33 bits per heavy atom. The maximum atomic E-state index is 5.90. The Balaban J connectivity index is 1.92. The highest BCUT2D eigenvalue weighted by molar-refractivity contribution is 9.09. The predicted molar refractivity (Wildman–Crippen MR) is 74.8 cm³/mol. The summed E-state index contributed by atoms with van der Waals surface area (Å²) in [5.74, 6) is 1.74. The predicted octanol–water partition coefficient (Wildman–Crippen LogP) is 3.27. The molecule has 0 aromatic heterocycles. The maximum absolute atomic E-state index is 5.90. The smallest absolute Gasteiger partial charge is 0.119 e. The molecule has 1 aliphatic rings. The van der Waals surface area contributed by atoms with E-state index >= 15 is 0 Å². The van der Waals surface area contributed by atoms with Crippen molar-refractivity contribution in [3.05, 3.63) is 24.3 Å². The number of ether oxygens (including phenoxy) is 3. The summed E-state index contributed by atoms with van der Waals surface area (Å²) in [7, 11) is 1.66. The molecule has 100 valence electrons. The summed E-state index contributed by atoms with van der Waals surface area (Å²) >= 11 is 3.61. The summed E-state index contributed by atoms with van der Waals surface area (Å²) < 4.78 is 16.4. The normalized spacial score (nSPS) is 18.3. The summed E-state index contributed by atoms with van der Waals surface area (Å²) in [5.41, 5.74) is 0.207. The van der Waals surface area contributed by atoms with Gasteiger partial charge < -0.3 is 14.2 Å². The molecule has 1 saturated heterocycles. The van der Waals surface area contributed by atoms with E-state index in [1.807, 2.05) is 24.3 Å². The zero-order chi connectivity index (χ0) is 12.8. The van der Waals surface area contributed by atoms with Crippen LogP contribution in [0.1, 0.15) is 12.8 Å². The van der Waals surface area contributed by atoms with Gasteiger partial charge >= 0.3 is 0 Å². The lowest BCUT2D eigenvalue weighted by atomic mass is 9.83. The SMILES string of the molecule is COc1ccc(OCC2(CBr)CCOCC2)cc1. The van der Waals surface area contributed by atoms with Crippen molar-refractivity contribution in [3.63, 3.8) is 0 Å². The Labute approximate surface area is 117 Å². The Hall–Kier alpha value is -0.740. The molecule has 0 N–H and O–H groups in total. The van der Waals surface area contributed by atoms with E-state index in [0.717, 1.165) is 49.5 Å². The van der Waals surface area contributed by atoms with Crippen molar-refractivity contribution in [2.75, 3.05) is 32.3 Å². The highest BCUT2D eigenvalue weighted by Gasteiger charge is 2.32. The van der Waals surface area contributed by atoms with Crippen molar-refractivity contribution in [1.82, 2.24) is 0 Å². The van der Waals surface area contributed by atoms with E-state index in [9.17, 15) is 0 Å². The van der Waals surface area contributed by atoms with Gasteiger partial charge in [0, 0.05) is 24.0 Å². The van der Waals surface area contributed by atoms with E-state index < -0.39 is 0 Å². The molecule has 1 heterocycles. The molecule has 0 amide bonds. The quantitative estimate of drug-likeness (QED) is 0.781. The first kappa shape index (κ1) is 13.7. The third-order valence-electron chi connectivity index (χ3n) is 3.44. The summed E-state index contributed by atoms with van der Waals surface area (Å²) in [6.45, 7) is 2.39. The van der Waals surface area contributed by atoms with E-state index in [0.29, 0.717) is 0 Å². The topological polar surface area (TPSA) is 27.7 Å². The molecule has 0 aliphatic carbocycles. The van der Waals surface area contributed by atoms with E-state index in [1.54, 1.807) is 7.11 Å². The van der Waals surface area contributed by atoms with Gasteiger partial charge in [0.25, 0.3) is 0 Å². The summed E-state index contributed by atoms with van der Waals surface area (Å²) in [6.07, 6.45) is 2.10. The van der Waals surface area contributed by atoms with Gasteiger partial charge in [-0.3, -0.25) is 0 Å². The molecule has 1 aromatic rings. The molecule has 0 saturated carbocycles. The zero-order valence-electron chi connectivity index (χ0n) is 10.7. The Kier molecular flexibility index (Phi) is 4.89. The van der Waals surface area contributed by atoms with Crippen LogP contribution in [0.25, 0.3) is 0 Å². The van der Waals surface area contributed by atoms with Gasteiger partial charge in [0.15, 0.2) is 0 Å². The molecule has 3 nitrogen and oxygen atoms in total. The molecule has 1 fully saturated rings. The number of methoxy groups -OCH3 is 1. The van der Waals surface area contributed by atoms with Crippen molar-refractivity contribution in [2.24, 2.45) is 5.41 Å². The Morgan fingerprint density at radius 1 is 1.17 bits per heavy atom. The van der Waals surface area contributed by atoms with Crippen molar-refractivity contribution >= 4 is 15.9 Å². The number of halogens is 1. The fourth-order valence-electron chi connectivity index (χ4n) is 2.03. The van der Waals surface area contributed by atoms with Crippen LogP contribution in [0.4, 0.5) is 0 Å². The Morgan fingerprint density at radius 2 is 1.78 bits per heavy atom. The molecule has 18 heavy (non-hydrogen) atoms. The van der Waals surface area contributed by atoms with Gasteiger partial charge in [-0.05, 0) is 37.1 Å². The first-order valence-electron chi connectivity index (χ1n) is 6.19. The molecule has 0 spiro atoms. The first-order chi connectivity index (χ1) is 8.78. The molecule has 0 unspecified atom stereocenters. The van der Waals surface area contributed by atoms with Crippen LogP contribution in [0.5, 0.6) is 11.5 Å². The van der Waals surface area contributed by atoms with Gasteiger partial charge in [-0.1, -0.05) is 15.9 Å². The van der Waals surface area contributed by atoms with Crippen LogP contribution in [-0.4, -0.2) is 32.3 Å². The van der Waals surface area contributed by atoms with Gasteiger partial charge in [0.05, 0.1) is 13.7 Å². The molecule has 2 rings (SSSR count). The van der Waals surface area contributed by atoms with Gasteiger partial charge in [-0.25, -0.2) is 0 Å². The maximum Gasteiger partial charge on any atom is 0.119 e. The third-order valence-corrected chi connectivity index (χ3v) is 4.63. The van der Waals surface area contributed by atoms with Crippen LogP contribution in [0.2, 0.25) is 0 Å². The molecule has 1 aromatic carbocycles. The monoisotopic (exact) mass is 314 g/mol. The standard InChI is InChI=1S/C14H19BrO3/c1-16-12-2-4-13(5-3-12)18-11-14(10-15)6-8-17-9-7-14/h2-5H,6-11H2,1H3. The van der Waals surface area contributed by atoms with Crippen LogP contribution >= 0.6 is 15.9 Å². The minimum absolute atomic E-state index is 0.207. The summed E-state index contributed by atoms with van der Waals surface area (Å²) in [4.78, 5) is 0. The van der Waals surface area contributed by atoms with Crippen LogP contribution in [0.3, 0.4) is 0 Å². The lowest BCUT2D eigenvalue weighted by Crippen LogP contribution is -2.36. The Bertz CT molecular complexity index is 358. The van der Waals surface area contributed by atoms with E-state index in [2.05, 4.69) is 15.9 Å². The second-order valence-corrected chi connectivity index (χ2v) is 5.27. The number of hydrogen-bond donors (Lipinski definition) is 0. The minimum atomic E-state index is 0.207. The van der Waals surface area contributed by atoms with Gasteiger partial charge in [0.2, 0.25) is 0 Å². The van der Waals surface area contributed by atoms with Crippen LogP contribution in [0, 0.1) is 5.41 Å².